The van der Waals surface area contributed by atoms with Crippen LogP contribution < -0.4 is 15.4 Å². The largest absolute Gasteiger partial charge is 0.489 e. The van der Waals surface area contributed by atoms with Crippen LogP contribution in [0.25, 0.3) is 0 Å². The summed E-state index contributed by atoms with van der Waals surface area (Å²) >= 11 is 6.37. The number of para-hydroxylation sites is 1. The van der Waals surface area contributed by atoms with Crippen molar-refractivity contribution in [3.05, 3.63) is 58.7 Å². The first-order chi connectivity index (χ1) is 15.7. The first-order valence-corrected chi connectivity index (χ1v) is 12.9. The summed E-state index contributed by atoms with van der Waals surface area (Å²) in [4.78, 5) is 9.61. The molecule has 0 saturated heterocycles. The Morgan fingerprint density at radius 2 is 1.85 bits per heavy atom. The van der Waals surface area contributed by atoms with Gasteiger partial charge in [-0.05, 0) is 68.5 Å². The van der Waals surface area contributed by atoms with E-state index in [1.54, 1.807) is 6.26 Å². The molecular weight excluding hydrogens is 456 g/mol. The number of benzene rings is 2. The van der Waals surface area contributed by atoms with Gasteiger partial charge in [0.15, 0.2) is 5.82 Å². The van der Waals surface area contributed by atoms with Crippen molar-refractivity contribution in [1.29, 1.82) is 0 Å². The zero-order valence-electron chi connectivity index (χ0n) is 19.9. The summed E-state index contributed by atoms with van der Waals surface area (Å²) in [5.41, 5.74) is 3.92. The Kier molecular flexibility index (Phi) is 8.32. The fraction of sp³-hybridized carbons (Fsp3) is 0.360. The molecule has 0 radical (unpaired) electrons. The van der Waals surface area contributed by atoms with Crippen molar-refractivity contribution in [3.8, 4) is 5.75 Å². The maximum absolute atomic E-state index is 12.1. The fourth-order valence-electron chi connectivity index (χ4n) is 3.48. The van der Waals surface area contributed by atoms with Crippen LogP contribution in [0.5, 0.6) is 5.75 Å². The lowest BCUT2D eigenvalue weighted by molar-refractivity contribution is 0.243. The maximum Gasteiger partial charge on any atom is 0.229 e. The summed E-state index contributed by atoms with van der Waals surface area (Å²) in [6.45, 7) is 10.5. The molecule has 0 aliphatic carbocycles. The van der Waals surface area contributed by atoms with Crippen LogP contribution in [0.3, 0.4) is 0 Å². The fourth-order valence-corrected chi connectivity index (χ4v) is 4.32. The number of halogens is 1. The van der Waals surface area contributed by atoms with Gasteiger partial charge in [0.25, 0.3) is 0 Å². The summed E-state index contributed by atoms with van der Waals surface area (Å²) in [7, 11) is -1.16. The third-order valence-electron chi connectivity index (χ3n) is 5.31. The van der Waals surface area contributed by atoms with Crippen LogP contribution in [0, 0.1) is 6.92 Å². The van der Waals surface area contributed by atoms with Gasteiger partial charge >= 0.3 is 0 Å². The van der Waals surface area contributed by atoms with Crippen LogP contribution in [-0.2, 0) is 10.8 Å². The average molecular weight is 487 g/mol. The molecule has 1 heterocycles. The van der Waals surface area contributed by atoms with E-state index in [0.29, 0.717) is 33.3 Å². The molecule has 0 saturated carbocycles. The van der Waals surface area contributed by atoms with E-state index in [1.807, 2.05) is 38.1 Å². The lowest BCUT2D eigenvalue weighted by atomic mass is 9.93. The summed E-state index contributed by atoms with van der Waals surface area (Å²) in [5.74, 6) is 1.96. The van der Waals surface area contributed by atoms with E-state index in [1.165, 1.54) is 17.3 Å². The number of anilines is 4. The predicted molar refractivity (Wildman–Crippen MR) is 138 cm³/mol. The minimum Gasteiger partial charge on any atom is -0.489 e. The second-order valence-corrected chi connectivity index (χ2v) is 10.0. The molecule has 0 spiro atoms. The molecule has 0 aliphatic heterocycles. The Morgan fingerprint density at radius 3 is 2.52 bits per heavy atom. The highest BCUT2D eigenvalue weighted by atomic mass is 35.5. The monoisotopic (exact) mass is 486 g/mol. The van der Waals surface area contributed by atoms with Crippen molar-refractivity contribution < 1.29 is 8.95 Å². The van der Waals surface area contributed by atoms with Gasteiger partial charge in [0.05, 0.1) is 39.4 Å². The normalized spacial score (nSPS) is 13.0. The zero-order chi connectivity index (χ0) is 24.1. The molecule has 0 bridgehead atoms. The van der Waals surface area contributed by atoms with Gasteiger partial charge in [-0.3, -0.25) is 4.21 Å². The number of nitrogens with one attached hydrogen (secondary N) is 2. The quantitative estimate of drug-likeness (QED) is 0.340. The standard InChI is InChI=1S/C25H31ClN4O2S/c1-7-16(4)18-13-21(22(12-17(18)5)32-15(2)3)29-25-27-14-19(26)24(30-25)28-20-10-8-9-11-23(20)33(6)31/h8-16H,7H2,1-6H3,(H2,27,28,29,30). The van der Waals surface area contributed by atoms with Crippen molar-refractivity contribution in [2.75, 3.05) is 16.9 Å². The number of aromatic nitrogens is 2. The van der Waals surface area contributed by atoms with E-state index in [4.69, 9.17) is 16.3 Å². The minimum atomic E-state index is -1.16. The van der Waals surface area contributed by atoms with Gasteiger partial charge in [-0.25, -0.2) is 4.98 Å². The summed E-state index contributed by atoms with van der Waals surface area (Å²) in [5, 5.41) is 6.87. The number of hydrogen-bond acceptors (Lipinski definition) is 6. The van der Waals surface area contributed by atoms with E-state index in [0.717, 1.165) is 17.9 Å². The van der Waals surface area contributed by atoms with Gasteiger partial charge in [0, 0.05) is 6.26 Å². The highest BCUT2D eigenvalue weighted by Crippen LogP contribution is 2.36. The van der Waals surface area contributed by atoms with E-state index in [-0.39, 0.29) is 6.10 Å². The number of aryl methyl sites for hydroxylation is 1. The molecular formula is C25H31ClN4O2S. The highest BCUT2D eigenvalue weighted by molar-refractivity contribution is 7.84. The predicted octanol–water partition coefficient (Wildman–Crippen LogP) is 6.96. The van der Waals surface area contributed by atoms with Crippen molar-refractivity contribution in [2.24, 2.45) is 0 Å². The third-order valence-corrected chi connectivity index (χ3v) is 6.57. The van der Waals surface area contributed by atoms with Crippen molar-refractivity contribution in [3.63, 3.8) is 0 Å². The van der Waals surface area contributed by atoms with Gasteiger partial charge in [-0.15, -0.1) is 0 Å². The molecule has 0 amide bonds. The van der Waals surface area contributed by atoms with Crippen LogP contribution >= 0.6 is 11.6 Å². The molecule has 6 nitrogen and oxygen atoms in total. The van der Waals surface area contributed by atoms with E-state index in [2.05, 4.69) is 53.5 Å². The van der Waals surface area contributed by atoms with E-state index in [9.17, 15) is 4.21 Å². The van der Waals surface area contributed by atoms with E-state index < -0.39 is 10.8 Å². The SMILES string of the molecule is CCC(C)c1cc(Nc2ncc(Cl)c(Nc3ccccc3S(C)=O)n2)c(OC(C)C)cc1C. The van der Waals surface area contributed by atoms with Crippen molar-refractivity contribution in [1.82, 2.24) is 9.97 Å². The van der Waals surface area contributed by atoms with Crippen LogP contribution in [-0.4, -0.2) is 26.5 Å². The number of hydrogen-bond donors (Lipinski definition) is 2. The second kappa shape index (κ2) is 11.0. The lowest BCUT2D eigenvalue weighted by Crippen LogP contribution is -2.10. The van der Waals surface area contributed by atoms with Crippen LogP contribution in [0.4, 0.5) is 23.1 Å². The molecule has 33 heavy (non-hydrogen) atoms. The topological polar surface area (TPSA) is 76.1 Å². The second-order valence-electron chi connectivity index (χ2n) is 8.27. The minimum absolute atomic E-state index is 0.0224. The Bertz CT molecular complexity index is 1150. The van der Waals surface area contributed by atoms with Crippen molar-refractivity contribution in [2.45, 2.75) is 58.0 Å². The zero-order valence-corrected chi connectivity index (χ0v) is 21.5. The van der Waals surface area contributed by atoms with Crippen molar-refractivity contribution >= 4 is 45.5 Å². The number of ether oxygens (including phenoxy) is 1. The lowest BCUT2D eigenvalue weighted by Gasteiger charge is -2.20. The molecule has 0 aliphatic rings. The molecule has 2 aromatic carbocycles. The maximum atomic E-state index is 12.1. The van der Waals surface area contributed by atoms with Gasteiger partial charge in [0.2, 0.25) is 5.95 Å². The molecule has 3 aromatic rings. The Morgan fingerprint density at radius 1 is 1.12 bits per heavy atom. The number of rotatable bonds is 9. The van der Waals surface area contributed by atoms with Gasteiger partial charge in [-0.1, -0.05) is 37.6 Å². The van der Waals surface area contributed by atoms with Gasteiger partial charge < -0.3 is 15.4 Å². The molecule has 8 heteroatoms. The van der Waals surface area contributed by atoms with Gasteiger partial charge in [0.1, 0.15) is 10.8 Å². The third kappa shape index (κ3) is 6.24. The summed E-state index contributed by atoms with van der Waals surface area (Å²) in [6, 6.07) is 11.5. The first kappa shape index (κ1) is 25.0. The summed E-state index contributed by atoms with van der Waals surface area (Å²) < 4.78 is 18.2. The molecule has 2 atom stereocenters. The molecule has 0 fully saturated rings. The Balaban J connectivity index is 1.98. The van der Waals surface area contributed by atoms with Crippen LogP contribution in [0.15, 0.2) is 47.5 Å². The number of nitrogens with zero attached hydrogens (tertiary/aromatic N) is 2. The van der Waals surface area contributed by atoms with E-state index >= 15 is 0 Å². The average Bonchev–Trinajstić information content (AvgIpc) is 2.77. The first-order valence-electron chi connectivity index (χ1n) is 11.0. The van der Waals surface area contributed by atoms with Crippen LogP contribution in [0.2, 0.25) is 5.02 Å². The Hall–Kier alpha value is -2.64. The molecule has 2 unspecified atom stereocenters. The van der Waals surface area contributed by atoms with Gasteiger partial charge in [-0.2, -0.15) is 4.98 Å². The highest BCUT2D eigenvalue weighted by Gasteiger charge is 2.16. The van der Waals surface area contributed by atoms with Crippen LogP contribution in [0.1, 0.15) is 51.2 Å². The molecule has 1 aromatic heterocycles. The molecule has 176 valence electrons. The summed E-state index contributed by atoms with van der Waals surface area (Å²) in [6.07, 6.45) is 4.23. The molecule has 2 N–H and O–H groups in total. The molecule has 3 rings (SSSR count). The Labute approximate surface area is 203 Å². The smallest absolute Gasteiger partial charge is 0.229 e.